The number of H-pyrrole nitrogens is 1. The molecule has 5 rings (SSSR count). The van der Waals surface area contributed by atoms with Gasteiger partial charge in [-0.05, 0) is 56.7 Å². The quantitative estimate of drug-likeness (QED) is 0.571. The molecular formula is C22H24N6. The Morgan fingerprint density at radius 3 is 2.64 bits per heavy atom. The highest BCUT2D eigenvalue weighted by molar-refractivity contribution is 5.96. The van der Waals surface area contributed by atoms with Crippen LogP contribution in [0.1, 0.15) is 18.9 Å². The number of hydrogen-bond acceptors (Lipinski definition) is 4. The molecule has 4 heterocycles. The topological polar surface area (TPSA) is 75.8 Å². The molecule has 6 heteroatoms. The number of nitrogens with zero attached hydrogens (tertiary/aromatic N) is 4. The number of nitrogen functional groups attached to an aromatic ring is 1. The van der Waals surface area contributed by atoms with E-state index in [2.05, 4.69) is 51.0 Å². The van der Waals surface area contributed by atoms with Crippen LogP contribution in [0.3, 0.4) is 0 Å². The minimum absolute atomic E-state index is 0.442. The first-order valence-corrected chi connectivity index (χ1v) is 9.74. The molecule has 0 unspecified atom stereocenters. The van der Waals surface area contributed by atoms with Crippen molar-refractivity contribution in [1.82, 2.24) is 24.6 Å². The number of aromatic nitrogens is 4. The fourth-order valence-electron chi connectivity index (χ4n) is 4.10. The van der Waals surface area contributed by atoms with Gasteiger partial charge in [-0.25, -0.2) is 0 Å². The zero-order valence-corrected chi connectivity index (χ0v) is 16.0. The summed E-state index contributed by atoms with van der Waals surface area (Å²) in [4.78, 5) is 9.65. The minimum atomic E-state index is 0.442. The number of piperidine rings is 1. The summed E-state index contributed by atoms with van der Waals surface area (Å²) in [5, 5.41) is 7.20. The van der Waals surface area contributed by atoms with E-state index in [-0.39, 0.29) is 0 Å². The van der Waals surface area contributed by atoms with Crippen LogP contribution in [0.15, 0.2) is 55.1 Å². The lowest BCUT2D eigenvalue weighted by Crippen LogP contribution is -2.31. The van der Waals surface area contributed by atoms with Gasteiger partial charge in [0.15, 0.2) is 0 Å². The van der Waals surface area contributed by atoms with Gasteiger partial charge in [0.25, 0.3) is 0 Å². The number of benzene rings is 1. The highest BCUT2D eigenvalue weighted by atomic mass is 15.3. The van der Waals surface area contributed by atoms with Gasteiger partial charge in [0.05, 0.1) is 6.04 Å². The highest BCUT2D eigenvalue weighted by Gasteiger charge is 2.22. The van der Waals surface area contributed by atoms with Crippen LogP contribution in [0.5, 0.6) is 0 Å². The molecule has 0 saturated carbocycles. The average Bonchev–Trinajstić information content (AvgIpc) is 3.33. The summed E-state index contributed by atoms with van der Waals surface area (Å²) in [5.41, 5.74) is 10.4. The summed E-state index contributed by atoms with van der Waals surface area (Å²) in [6.07, 6.45) is 10.1. The molecule has 142 valence electrons. The molecule has 6 nitrogen and oxygen atoms in total. The van der Waals surface area contributed by atoms with E-state index in [4.69, 9.17) is 10.8 Å². The number of anilines is 1. The van der Waals surface area contributed by atoms with Crippen molar-refractivity contribution < 1.29 is 0 Å². The number of pyridine rings is 1. The fraction of sp³-hybridized carbons (Fsp3) is 0.273. The Kier molecular flexibility index (Phi) is 4.13. The van der Waals surface area contributed by atoms with Gasteiger partial charge in [-0.3, -0.25) is 9.67 Å². The maximum atomic E-state index is 6.02. The van der Waals surface area contributed by atoms with Crippen LogP contribution in [0.2, 0.25) is 0 Å². The van der Waals surface area contributed by atoms with Gasteiger partial charge in [0, 0.05) is 46.7 Å². The Hall–Kier alpha value is -3.12. The second-order valence-corrected chi connectivity index (χ2v) is 7.65. The third-order valence-electron chi connectivity index (χ3n) is 5.78. The third kappa shape index (κ3) is 2.96. The Balaban J connectivity index is 1.62. The number of hydrogen-bond donors (Lipinski definition) is 2. The summed E-state index contributed by atoms with van der Waals surface area (Å²) in [6, 6.07) is 10.9. The van der Waals surface area contributed by atoms with E-state index in [1.807, 2.05) is 30.7 Å². The van der Waals surface area contributed by atoms with Crippen molar-refractivity contribution >= 4 is 16.6 Å². The molecule has 28 heavy (non-hydrogen) atoms. The van der Waals surface area contributed by atoms with Gasteiger partial charge in [-0.2, -0.15) is 5.10 Å². The van der Waals surface area contributed by atoms with Crippen LogP contribution in [0.25, 0.3) is 33.2 Å². The predicted octanol–water partition coefficient (Wildman–Crippen LogP) is 3.94. The van der Waals surface area contributed by atoms with E-state index in [0.717, 1.165) is 59.1 Å². The largest absolute Gasteiger partial charge is 0.385 e. The summed E-state index contributed by atoms with van der Waals surface area (Å²) < 4.78 is 2.17. The number of nitrogens with two attached hydrogens (primary N) is 1. The molecule has 0 atom stereocenters. The molecule has 1 fully saturated rings. The lowest BCUT2D eigenvalue weighted by Gasteiger charge is -2.29. The Morgan fingerprint density at radius 2 is 1.86 bits per heavy atom. The molecule has 1 aliphatic rings. The lowest BCUT2D eigenvalue weighted by molar-refractivity contribution is 0.212. The summed E-state index contributed by atoms with van der Waals surface area (Å²) in [7, 11) is 2.19. The smallest absolute Gasteiger partial charge is 0.108 e. The Morgan fingerprint density at radius 1 is 1.07 bits per heavy atom. The molecule has 1 aliphatic heterocycles. The number of rotatable bonds is 3. The van der Waals surface area contributed by atoms with Gasteiger partial charge < -0.3 is 15.6 Å². The highest BCUT2D eigenvalue weighted by Crippen LogP contribution is 2.35. The number of likely N-dealkylation sites (tertiary alicyclic amines) is 1. The summed E-state index contributed by atoms with van der Waals surface area (Å²) >= 11 is 0. The number of fused-ring (bicyclic) bond motifs is 1. The molecule has 0 bridgehead atoms. The molecule has 3 N–H and O–H groups in total. The van der Waals surface area contributed by atoms with E-state index in [9.17, 15) is 0 Å². The molecule has 0 aliphatic carbocycles. The molecule has 3 aromatic heterocycles. The fourth-order valence-corrected chi connectivity index (χ4v) is 4.10. The van der Waals surface area contributed by atoms with Crippen molar-refractivity contribution in [3.63, 3.8) is 0 Å². The maximum Gasteiger partial charge on any atom is 0.108 e. The first kappa shape index (κ1) is 17.0. The predicted molar refractivity (Wildman–Crippen MR) is 113 cm³/mol. The molecule has 4 aromatic rings. The first-order valence-electron chi connectivity index (χ1n) is 9.74. The van der Waals surface area contributed by atoms with Gasteiger partial charge >= 0.3 is 0 Å². The van der Waals surface area contributed by atoms with Crippen LogP contribution in [0, 0.1) is 0 Å². The molecule has 1 aromatic carbocycles. The van der Waals surface area contributed by atoms with Crippen molar-refractivity contribution in [1.29, 1.82) is 0 Å². The van der Waals surface area contributed by atoms with Crippen LogP contribution in [-0.4, -0.2) is 44.8 Å². The van der Waals surface area contributed by atoms with Crippen LogP contribution in [0.4, 0.5) is 5.82 Å². The van der Waals surface area contributed by atoms with E-state index in [1.165, 1.54) is 0 Å². The zero-order chi connectivity index (χ0) is 19.1. The maximum absolute atomic E-state index is 6.02. The van der Waals surface area contributed by atoms with Gasteiger partial charge in [0.2, 0.25) is 0 Å². The van der Waals surface area contributed by atoms with Gasteiger partial charge in [-0.15, -0.1) is 0 Å². The van der Waals surface area contributed by atoms with E-state index in [1.54, 1.807) is 0 Å². The van der Waals surface area contributed by atoms with Crippen molar-refractivity contribution in [2.24, 2.45) is 0 Å². The molecular weight excluding hydrogens is 348 g/mol. The number of aromatic amines is 1. The van der Waals surface area contributed by atoms with Crippen LogP contribution < -0.4 is 5.73 Å². The first-order chi connectivity index (χ1) is 13.7. The standard InChI is InChI=1S/C22H24N6/c1-27-10-6-18(7-11-27)28-14-20(21(26-28)15-4-8-24-9-5-15)16-2-3-19-17(12-16)13-25-22(19)23/h2-5,8-9,12-14,18,25H,6-7,10-11,23H2,1H3. The summed E-state index contributed by atoms with van der Waals surface area (Å²) in [5.74, 6) is 0.706. The van der Waals surface area contributed by atoms with Crippen molar-refractivity contribution in [3.05, 3.63) is 55.1 Å². The van der Waals surface area contributed by atoms with Crippen molar-refractivity contribution in [3.8, 4) is 22.4 Å². The molecule has 0 spiro atoms. The molecule has 0 amide bonds. The van der Waals surface area contributed by atoms with E-state index >= 15 is 0 Å². The van der Waals surface area contributed by atoms with Crippen LogP contribution in [-0.2, 0) is 0 Å². The molecule has 0 radical (unpaired) electrons. The lowest BCUT2D eigenvalue weighted by atomic mass is 10.0. The Bertz CT molecular complexity index is 1100. The average molecular weight is 372 g/mol. The van der Waals surface area contributed by atoms with Crippen molar-refractivity contribution in [2.45, 2.75) is 18.9 Å². The van der Waals surface area contributed by atoms with Crippen LogP contribution >= 0.6 is 0 Å². The SMILES string of the molecule is CN1CCC(n2cc(-c3ccc4c(N)[nH]cc4c3)c(-c3ccncc3)n2)CC1. The van der Waals surface area contributed by atoms with Gasteiger partial charge in [-0.1, -0.05) is 12.1 Å². The van der Waals surface area contributed by atoms with E-state index < -0.39 is 0 Å². The molecule has 1 saturated heterocycles. The number of nitrogens with one attached hydrogen (secondary N) is 1. The third-order valence-corrected chi connectivity index (χ3v) is 5.78. The Labute approximate surface area is 164 Å². The van der Waals surface area contributed by atoms with E-state index in [0.29, 0.717) is 11.9 Å². The second kappa shape index (κ2) is 6.80. The minimum Gasteiger partial charge on any atom is -0.385 e. The second-order valence-electron chi connectivity index (χ2n) is 7.65. The van der Waals surface area contributed by atoms with Gasteiger partial charge in [0.1, 0.15) is 11.5 Å². The zero-order valence-electron chi connectivity index (χ0n) is 16.0. The summed E-state index contributed by atoms with van der Waals surface area (Å²) in [6.45, 7) is 2.22. The monoisotopic (exact) mass is 372 g/mol. The van der Waals surface area contributed by atoms with Crippen molar-refractivity contribution in [2.75, 3.05) is 25.9 Å². The normalized spacial score (nSPS) is 16.0.